The van der Waals surface area contributed by atoms with Gasteiger partial charge in [0.25, 0.3) is 0 Å². The molecule has 2 heterocycles. The number of hydrogen-bond donors (Lipinski definition) is 2. The van der Waals surface area contributed by atoms with Crippen LogP contribution in [-0.2, 0) is 16.1 Å². The molecule has 2 amide bonds. The molecule has 3 N–H and O–H groups in total. The van der Waals surface area contributed by atoms with Crippen molar-refractivity contribution in [2.24, 2.45) is 11.7 Å². The molecule has 0 unspecified atom stereocenters. The van der Waals surface area contributed by atoms with Crippen LogP contribution in [-0.4, -0.2) is 65.5 Å². The molecular weight excluding hydrogens is 322 g/mol. The van der Waals surface area contributed by atoms with Crippen molar-refractivity contribution in [2.75, 3.05) is 32.7 Å². The summed E-state index contributed by atoms with van der Waals surface area (Å²) in [6.07, 6.45) is 0. The van der Waals surface area contributed by atoms with Gasteiger partial charge in [0.15, 0.2) is 0 Å². The molecule has 0 radical (unpaired) electrons. The molecule has 1 aliphatic rings. The van der Waals surface area contributed by atoms with Crippen LogP contribution < -0.4 is 11.1 Å². The zero-order chi connectivity index (χ0) is 18.6. The Kier molecular flexibility index (Phi) is 6.55. The zero-order valence-electron chi connectivity index (χ0n) is 15.5. The number of rotatable bonds is 6. The molecule has 2 rings (SSSR count). The van der Waals surface area contributed by atoms with Crippen molar-refractivity contribution in [1.82, 2.24) is 20.3 Å². The summed E-state index contributed by atoms with van der Waals surface area (Å²) in [7, 11) is 0. The first-order chi connectivity index (χ1) is 11.8. The van der Waals surface area contributed by atoms with Gasteiger partial charge in [-0.1, -0.05) is 19.0 Å². The third-order valence-corrected chi connectivity index (χ3v) is 4.72. The lowest BCUT2D eigenvalue weighted by Gasteiger charge is -2.34. The second kappa shape index (κ2) is 8.44. The molecule has 0 saturated carbocycles. The van der Waals surface area contributed by atoms with Crippen LogP contribution in [0, 0.1) is 19.8 Å². The van der Waals surface area contributed by atoms with Crippen LogP contribution in [0.2, 0.25) is 0 Å². The maximum absolute atomic E-state index is 12.3. The topological polar surface area (TPSA) is 105 Å². The molecule has 1 aromatic heterocycles. The Labute approximate surface area is 148 Å². The fraction of sp³-hybridized carbons (Fsp3) is 0.706. The lowest BCUT2D eigenvalue weighted by Crippen LogP contribution is -2.52. The van der Waals surface area contributed by atoms with Gasteiger partial charge in [0.05, 0.1) is 18.3 Å². The fourth-order valence-electron chi connectivity index (χ4n) is 2.80. The highest BCUT2D eigenvalue weighted by molar-refractivity contribution is 5.87. The normalized spacial score (nSPS) is 17.0. The van der Waals surface area contributed by atoms with Crippen LogP contribution in [0.25, 0.3) is 0 Å². The van der Waals surface area contributed by atoms with Gasteiger partial charge in [-0.3, -0.25) is 14.5 Å². The van der Waals surface area contributed by atoms with E-state index in [4.69, 9.17) is 10.3 Å². The van der Waals surface area contributed by atoms with E-state index in [2.05, 4.69) is 15.4 Å². The average molecular weight is 351 g/mol. The van der Waals surface area contributed by atoms with Gasteiger partial charge >= 0.3 is 0 Å². The molecule has 8 nitrogen and oxygen atoms in total. The molecule has 0 bridgehead atoms. The second-order valence-corrected chi connectivity index (χ2v) is 6.95. The fourth-order valence-corrected chi connectivity index (χ4v) is 2.80. The highest BCUT2D eigenvalue weighted by Crippen LogP contribution is 2.16. The predicted octanol–water partition coefficient (Wildman–Crippen LogP) is 0.0351. The van der Waals surface area contributed by atoms with E-state index in [-0.39, 0.29) is 24.3 Å². The summed E-state index contributed by atoms with van der Waals surface area (Å²) in [6, 6.07) is -0.584. The van der Waals surface area contributed by atoms with Crippen molar-refractivity contribution in [2.45, 2.75) is 40.3 Å². The minimum Gasteiger partial charge on any atom is -0.361 e. The Balaban J connectivity index is 1.76. The van der Waals surface area contributed by atoms with Crippen LogP contribution in [0.15, 0.2) is 4.52 Å². The third-order valence-electron chi connectivity index (χ3n) is 4.72. The number of aromatic nitrogens is 1. The molecule has 1 atom stereocenters. The zero-order valence-corrected chi connectivity index (χ0v) is 15.5. The third kappa shape index (κ3) is 5.02. The second-order valence-electron chi connectivity index (χ2n) is 6.95. The van der Waals surface area contributed by atoms with Crippen molar-refractivity contribution in [3.05, 3.63) is 17.0 Å². The lowest BCUT2D eigenvalue weighted by atomic mass is 10.1. The Morgan fingerprint density at radius 1 is 1.24 bits per heavy atom. The first kappa shape index (κ1) is 19.4. The molecule has 0 spiro atoms. The predicted molar refractivity (Wildman–Crippen MR) is 93.7 cm³/mol. The molecule has 140 valence electrons. The van der Waals surface area contributed by atoms with Crippen LogP contribution in [0.3, 0.4) is 0 Å². The van der Waals surface area contributed by atoms with Gasteiger partial charge in [0, 0.05) is 38.3 Å². The monoisotopic (exact) mass is 351 g/mol. The minimum atomic E-state index is -0.584. The number of nitrogens with zero attached hydrogens (tertiary/aromatic N) is 3. The number of carbonyl (C=O) groups excluding carboxylic acids is 2. The van der Waals surface area contributed by atoms with Gasteiger partial charge in [0.2, 0.25) is 11.8 Å². The van der Waals surface area contributed by atoms with E-state index in [9.17, 15) is 9.59 Å². The van der Waals surface area contributed by atoms with Crippen LogP contribution in [0.4, 0.5) is 0 Å². The largest absolute Gasteiger partial charge is 0.361 e. The van der Waals surface area contributed by atoms with E-state index < -0.39 is 6.04 Å². The van der Waals surface area contributed by atoms with Crippen molar-refractivity contribution in [1.29, 1.82) is 0 Å². The molecule has 0 aromatic carbocycles. The van der Waals surface area contributed by atoms with Gasteiger partial charge < -0.3 is 20.5 Å². The summed E-state index contributed by atoms with van der Waals surface area (Å²) in [4.78, 5) is 28.2. The summed E-state index contributed by atoms with van der Waals surface area (Å²) in [5.41, 5.74) is 7.81. The SMILES string of the molecule is Cc1noc(C)c1CN1CCN(C(=O)CNC(=O)[C@@H](N)C(C)C)CC1. The van der Waals surface area contributed by atoms with E-state index in [0.29, 0.717) is 13.1 Å². The van der Waals surface area contributed by atoms with Crippen molar-refractivity contribution in [3.8, 4) is 0 Å². The maximum Gasteiger partial charge on any atom is 0.242 e. The van der Waals surface area contributed by atoms with Crippen LogP contribution in [0.5, 0.6) is 0 Å². The average Bonchev–Trinajstić information content (AvgIpc) is 2.91. The standard InChI is InChI=1S/C17H29N5O3/c1-11(2)16(18)17(24)19-9-15(23)22-7-5-21(6-8-22)10-14-12(3)20-25-13(14)4/h11,16H,5-10,18H2,1-4H3,(H,19,24)/t16-/m0/s1. The van der Waals surface area contributed by atoms with E-state index >= 15 is 0 Å². The Bertz CT molecular complexity index is 586. The lowest BCUT2D eigenvalue weighted by molar-refractivity contribution is -0.134. The minimum absolute atomic E-state index is 0.00310. The Morgan fingerprint density at radius 3 is 2.40 bits per heavy atom. The van der Waals surface area contributed by atoms with Crippen LogP contribution >= 0.6 is 0 Å². The van der Waals surface area contributed by atoms with Gasteiger partial charge in [0.1, 0.15) is 5.76 Å². The molecule has 25 heavy (non-hydrogen) atoms. The summed E-state index contributed by atoms with van der Waals surface area (Å²) in [6.45, 7) is 11.3. The number of carbonyl (C=O) groups is 2. The number of aryl methyl sites for hydroxylation is 2. The molecule has 0 aliphatic carbocycles. The van der Waals surface area contributed by atoms with E-state index in [1.54, 1.807) is 4.90 Å². The Hall–Kier alpha value is -1.93. The number of amides is 2. The number of nitrogens with one attached hydrogen (secondary N) is 1. The molecule has 1 fully saturated rings. The Morgan fingerprint density at radius 2 is 1.88 bits per heavy atom. The number of hydrogen-bond acceptors (Lipinski definition) is 6. The summed E-state index contributed by atoms with van der Waals surface area (Å²) >= 11 is 0. The summed E-state index contributed by atoms with van der Waals surface area (Å²) in [5, 5.41) is 6.61. The van der Waals surface area contributed by atoms with Gasteiger partial charge in [-0.2, -0.15) is 0 Å². The van der Waals surface area contributed by atoms with Gasteiger partial charge in [-0.15, -0.1) is 0 Å². The van der Waals surface area contributed by atoms with E-state index in [1.807, 2.05) is 27.7 Å². The first-order valence-corrected chi connectivity index (χ1v) is 8.74. The highest BCUT2D eigenvalue weighted by Gasteiger charge is 2.24. The quantitative estimate of drug-likeness (QED) is 0.749. The number of piperazine rings is 1. The van der Waals surface area contributed by atoms with Gasteiger partial charge in [-0.05, 0) is 19.8 Å². The highest BCUT2D eigenvalue weighted by atomic mass is 16.5. The molecule has 1 saturated heterocycles. The molecule has 1 aromatic rings. The van der Waals surface area contributed by atoms with Crippen LogP contribution in [0.1, 0.15) is 30.9 Å². The molecule has 8 heteroatoms. The van der Waals surface area contributed by atoms with Gasteiger partial charge in [-0.25, -0.2) is 0 Å². The van der Waals surface area contributed by atoms with E-state index in [1.165, 1.54) is 0 Å². The molecule has 1 aliphatic heterocycles. The van der Waals surface area contributed by atoms with E-state index in [0.717, 1.165) is 36.7 Å². The molecular formula is C17H29N5O3. The van der Waals surface area contributed by atoms with Crippen molar-refractivity contribution < 1.29 is 14.1 Å². The summed E-state index contributed by atoms with van der Waals surface area (Å²) < 4.78 is 5.19. The first-order valence-electron chi connectivity index (χ1n) is 8.74. The smallest absolute Gasteiger partial charge is 0.242 e. The maximum atomic E-state index is 12.3. The van der Waals surface area contributed by atoms with Crippen molar-refractivity contribution in [3.63, 3.8) is 0 Å². The summed E-state index contributed by atoms with van der Waals surface area (Å²) in [5.74, 6) is 0.546. The van der Waals surface area contributed by atoms with Crippen molar-refractivity contribution >= 4 is 11.8 Å². The number of nitrogens with two attached hydrogens (primary N) is 1.